The maximum Gasteiger partial charge on any atom is 0.352 e. The van der Waals surface area contributed by atoms with Crippen LogP contribution in [0.5, 0.6) is 5.75 Å². The molecule has 9 heteroatoms. The van der Waals surface area contributed by atoms with Crippen LogP contribution in [0.4, 0.5) is 0 Å². The van der Waals surface area contributed by atoms with E-state index in [-0.39, 0.29) is 19.2 Å². The SMILES string of the molecule is C=CC(C)n1[nH]c(=O)n(-c2ccc(OCCN=[N+]=[N-])cc2)c1=O. The van der Waals surface area contributed by atoms with E-state index in [9.17, 15) is 9.59 Å². The van der Waals surface area contributed by atoms with Gasteiger partial charge in [-0.2, -0.15) is 0 Å². The molecule has 120 valence electrons. The molecule has 1 aromatic heterocycles. The van der Waals surface area contributed by atoms with Gasteiger partial charge in [0.25, 0.3) is 0 Å². The van der Waals surface area contributed by atoms with Crippen molar-refractivity contribution in [3.63, 3.8) is 0 Å². The summed E-state index contributed by atoms with van der Waals surface area (Å²) in [5, 5.41) is 5.84. The minimum absolute atomic E-state index is 0.222. The summed E-state index contributed by atoms with van der Waals surface area (Å²) in [4.78, 5) is 26.9. The average molecular weight is 316 g/mol. The first-order valence-corrected chi connectivity index (χ1v) is 6.88. The van der Waals surface area contributed by atoms with E-state index in [4.69, 9.17) is 10.3 Å². The van der Waals surface area contributed by atoms with Crippen molar-refractivity contribution in [3.05, 3.63) is 68.3 Å². The molecule has 0 spiro atoms. The van der Waals surface area contributed by atoms with E-state index in [1.807, 2.05) is 0 Å². The lowest BCUT2D eigenvalue weighted by atomic mass is 10.3. The van der Waals surface area contributed by atoms with Crippen molar-refractivity contribution >= 4 is 0 Å². The molecular formula is C14H16N6O3. The first-order chi connectivity index (χ1) is 11.1. The van der Waals surface area contributed by atoms with Gasteiger partial charge in [0, 0.05) is 4.91 Å². The number of azide groups is 1. The number of nitrogens with zero attached hydrogens (tertiary/aromatic N) is 5. The molecule has 1 atom stereocenters. The molecule has 1 unspecified atom stereocenters. The zero-order valence-corrected chi connectivity index (χ0v) is 12.5. The summed E-state index contributed by atoms with van der Waals surface area (Å²) in [5.41, 5.74) is 7.59. The molecule has 0 aliphatic carbocycles. The quantitative estimate of drug-likeness (QED) is 0.275. The Morgan fingerprint density at radius 1 is 1.43 bits per heavy atom. The standard InChI is InChI=1S/C14H16N6O3/c1-3-10(2)20-14(22)19(13(21)17-20)11-4-6-12(7-5-11)23-9-8-16-18-15/h3-7,10H,1,8-9H2,2H3,(H,17,21). The first kappa shape index (κ1) is 16.2. The Morgan fingerprint density at radius 3 is 2.74 bits per heavy atom. The van der Waals surface area contributed by atoms with Crippen LogP contribution < -0.4 is 16.1 Å². The fourth-order valence-corrected chi connectivity index (χ4v) is 1.95. The van der Waals surface area contributed by atoms with E-state index in [0.717, 1.165) is 4.57 Å². The molecule has 0 aliphatic rings. The number of nitrogens with one attached hydrogen (secondary N) is 1. The van der Waals surface area contributed by atoms with Gasteiger partial charge in [-0.05, 0) is 36.7 Å². The number of benzene rings is 1. The predicted molar refractivity (Wildman–Crippen MR) is 85.1 cm³/mol. The molecule has 0 saturated heterocycles. The molecule has 23 heavy (non-hydrogen) atoms. The summed E-state index contributed by atoms with van der Waals surface area (Å²) in [6.45, 7) is 5.82. The number of allylic oxidation sites excluding steroid dienone is 1. The van der Waals surface area contributed by atoms with E-state index in [2.05, 4.69) is 21.7 Å². The summed E-state index contributed by atoms with van der Waals surface area (Å²) >= 11 is 0. The van der Waals surface area contributed by atoms with Crippen LogP contribution in [0.3, 0.4) is 0 Å². The summed E-state index contributed by atoms with van der Waals surface area (Å²) in [6.07, 6.45) is 1.56. The smallest absolute Gasteiger partial charge is 0.352 e. The molecule has 1 aromatic carbocycles. The van der Waals surface area contributed by atoms with Gasteiger partial charge in [-0.3, -0.25) is 0 Å². The maximum absolute atomic E-state index is 12.3. The van der Waals surface area contributed by atoms with Gasteiger partial charge < -0.3 is 4.74 Å². The van der Waals surface area contributed by atoms with Crippen LogP contribution in [0.15, 0.2) is 51.6 Å². The Morgan fingerprint density at radius 2 is 2.13 bits per heavy atom. The topological polar surface area (TPSA) is 118 Å². The molecular weight excluding hydrogens is 300 g/mol. The van der Waals surface area contributed by atoms with Gasteiger partial charge in [-0.25, -0.2) is 23.9 Å². The number of H-pyrrole nitrogens is 1. The van der Waals surface area contributed by atoms with Gasteiger partial charge in [0.2, 0.25) is 0 Å². The number of ether oxygens (including phenoxy) is 1. The van der Waals surface area contributed by atoms with E-state index in [0.29, 0.717) is 11.4 Å². The fourth-order valence-electron chi connectivity index (χ4n) is 1.95. The van der Waals surface area contributed by atoms with Gasteiger partial charge in [0.05, 0.1) is 24.9 Å². The first-order valence-electron chi connectivity index (χ1n) is 6.88. The second-order valence-corrected chi connectivity index (χ2v) is 4.68. The van der Waals surface area contributed by atoms with Gasteiger partial charge in [0.15, 0.2) is 0 Å². The number of hydrogen-bond acceptors (Lipinski definition) is 4. The Kier molecular flexibility index (Phi) is 5.06. The van der Waals surface area contributed by atoms with Crippen molar-refractivity contribution in [2.45, 2.75) is 13.0 Å². The lowest BCUT2D eigenvalue weighted by Gasteiger charge is -2.06. The molecule has 0 aliphatic heterocycles. The van der Waals surface area contributed by atoms with Crippen LogP contribution in [0.1, 0.15) is 13.0 Å². The molecule has 0 amide bonds. The van der Waals surface area contributed by atoms with Crippen molar-refractivity contribution in [1.29, 1.82) is 0 Å². The van der Waals surface area contributed by atoms with Gasteiger partial charge >= 0.3 is 11.4 Å². The predicted octanol–water partition coefficient (Wildman–Crippen LogP) is 1.76. The van der Waals surface area contributed by atoms with Crippen molar-refractivity contribution < 1.29 is 4.74 Å². The molecule has 0 bridgehead atoms. The monoisotopic (exact) mass is 316 g/mol. The Hall–Kier alpha value is -3.19. The molecule has 0 saturated carbocycles. The minimum atomic E-state index is -0.527. The highest BCUT2D eigenvalue weighted by molar-refractivity contribution is 5.37. The van der Waals surface area contributed by atoms with Crippen LogP contribution in [0.25, 0.3) is 16.1 Å². The second kappa shape index (κ2) is 7.19. The van der Waals surface area contributed by atoms with Crippen molar-refractivity contribution in [3.8, 4) is 11.4 Å². The molecule has 1 heterocycles. The van der Waals surface area contributed by atoms with Crippen molar-refractivity contribution in [2.24, 2.45) is 5.11 Å². The Bertz CT molecular complexity index is 839. The van der Waals surface area contributed by atoms with Gasteiger partial charge in [-0.15, -0.1) is 6.58 Å². The maximum atomic E-state index is 12.3. The number of hydrogen-bond donors (Lipinski definition) is 1. The van der Waals surface area contributed by atoms with Gasteiger partial charge in [0.1, 0.15) is 5.75 Å². The second-order valence-electron chi connectivity index (χ2n) is 4.68. The van der Waals surface area contributed by atoms with Crippen LogP contribution in [0, 0.1) is 0 Å². The number of aromatic nitrogens is 3. The van der Waals surface area contributed by atoms with E-state index in [1.165, 1.54) is 4.68 Å². The van der Waals surface area contributed by atoms with E-state index in [1.54, 1.807) is 37.3 Å². The summed E-state index contributed by atoms with van der Waals surface area (Å²) < 4.78 is 7.60. The van der Waals surface area contributed by atoms with Crippen LogP contribution in [0.2, 0.25) is 0 Å². The summed E-state index contributed by atoms with van der Waals surface area (Å²) in [5.74, 6) is 0.547. The normalized spacial score (nSPS) is 11.5. The highest BCUT2D eigenvalue weighted by Crippen LogP contribution is 2.13. The molecule has 0 fully saturated rings. The molecule has 9 nitrogen and oxygen atoms in total. The van der Waals surface area contributed by atoms with Crippen LogP contribution >= 0.6 is 0 Å². The molecule has 2 rings (SSSR count). The largest absolute Gasteiger partial charge is 0.493 e. The fraction of sp³-hybridized carbons (Fsp3) is 0.286. The van der Waals surface area contributed by atoms with Crippen molar-refractivity contribution in [1.82, 2.24) is 14.3 Å². The van der Waals surface area contributed by atoms with Crippen LogP contribution in [-0.4, -0.2) is 27.5 Å². The third kappa shape index (κ3) is 3.53. The Labute approximate surface area is 131 Å². The average Bonchev–Trinajstić information content (AvgIpc) is 2.86. The zero-order chi connectivity index (χ0) is 16.8. The van der Waals surface area contributed by atoms with Gasteiger partial charge in [-0.1, -0.05) is 11.2 Å². The van der Waals surface area contributed by atoms with E-state index < -0.39 is 11.4 Å². The van der Waals surface area contributed by atoms with Crippen molar-refractivity contribution in [2.75, 3.05) is 13.2 Å². The lowest BCUT2D eigenvalue weighted by Crippen LogP contribution is -2.28. The third-order valence-electron chi connectivity index (χ3n) is 3.18. The summed E-state index contributed by atoms with van der Waals surface area (Å²) in [6, 6.07) is 6.14. The van der Waals surface area contributed by atoms with Crippen LogP contribution in [-0.2, 0) is 0 Å². The zero-order valence-electron chi connectivity index (χ0n) is 12.5. The Balaban J connectivity index is 2.25. The minimum Gasteiger partial charge on any atom is -0.493 e. The molecule has 2 aromatic rings. The number of rotatable bonds is 7. The molecule has 1 N–H and O–H groups in total. The van der Waals surface area contributed by atoms with E-state index >= 15 is 0 Å². The molecule has 0 radical (unpaired) electrons. The lowest BCUT2D eigenvalue weighted by molar-refractivity contribution is 0.328. The number of aromatic amines is 1. The highest BCUT2D eigenvalue weighted by atomic mass is 16.5. The third-order valence-corrected chi connectivity index (χ3v) is 3.18. The summed E-state index contributed by atoms with van der Waals surface area (Å²) in [7, 11) is 0. The highest BCUT2D eigenvalue weighted by Gasteiger charge is 2.13.